The second-order valence-corrected chi connectivity index (χ2v) is 21.8. The lowest BCUT2D eigenvalue weighted by Crippen LogP contribution is -2.54. The molecule has 4 aliphatic rings. The van der Waals surface area contributed by atoms with Gasteiger partial charge < -0.3 is 34.2 Å². The van der Waals surface area contributed by atoms with E-state index < -0.39 is 43.1 Å². The van der Waals surface area contributed by atoms with E-state index in [0.717, 1.165) is 85.2 Å². The lowest BCUT2D eigenvalue weighted by molar-refractivity contribution is -0.136. The fourth-order valence-corrected chi connectivity index (χ4v) is 12.2. The summed E-state index contributed by atoms with van der Waals surface area (Å²) in [7, 11) is 0.871. The minimum atomic E-state index is -3.74. The molecule has 1 unspecified atom stereocenters. The fourth-order valence-electron chi connectivity index (χ4n) is 10.4. The molecular weight excluding hydrogens is 1040 g/mol. The number of nitrogens with zero attached hydrogens (tertiary/aromatic N) is 8. The van der Waals surface area contributed by atoms with Crippen LogP contribution in [0, 0.1) is 11.7 Å². The van der Waals surface area contributed by atoms with Gasteiger partial charge in [0, 0.05) is 102 Å². The number of rotatable bonds is 16. The van der Waals surface area contributed by atoms with E-state index in [1.54, 1.807) is 10.9 Å². The maximum atomic E-state index is 15.6. The van der Waals surface area contributed by atoms with Crippen LogP contribution in [-0.4, -0.2) is 126 Å². The summed E-state index contributed by atoms with van der Waals surface area (Å²) in [4.78, 5) is 68.1. The first-order chi connectivity index (χ1) is 35.7. The number of hydrogen-bond donors (Lipinski definition) is 3. The van der Waals surface area contributed by atoms with Gasteiger partial charge in [0.15, 0.2) is 0 Å². The number of hydrogen-bond acceptors (Lipinski definition) is 16. The quantitative estimate of drug-likeness (QED) is 0.0626. The van der Waals surface area contributed by atoms with E-state index in [9.17, 15) is 23.7 Å². The largest absolute Gasteiger partial charge is 0.492 e. The van der Waals surface area contributed by atoms with Crippen molar-refractivity contribution >= 4 is 97.7 Å². The number of imide groups is 2. The molecule has 3 N–H and O–H groups in total. The summed E-state index contributed by atoms with van der Waals surface area (Å²) in [6.07, 6.45) is 8.20. The van der Waals surface area contributed by atoms with Gasteiger partial charge >= 0.3 is 7.60 Å². The van der Waals surface area contributed by atoms with Gasteiger partial charge in [-0.1, -0.05) is 30.3 Å². The number of piperidine rings is 2. The Hall–Kier alpha value is -6.77. The molecule has 0 bridgehead atoms. The predicted molar refractivity (Wildman–Crippen MR) is 283 cm³/mol. The summed E-state index contributed by atoms with van der Waals surface area (Å²) in [6.45, 7) is 7.75. The van der Waals surface area contributed by atoms with Gasteiger partial charge in [-0.15, -0.1) is 0 Å². The lowest BCUT2D eigenvalue weighted by atomic mass is 9.92. The number of anilines is 6. The molecule has 74 heavy (non-hydrogen) atoms. The second-order valence-electron chi connectivity index (χ2n) is 18.7. The Bertz CT molecular complexity index is 3230. The molecule has 6 heterocycles. The van der Waals surface area contributed by atoms with Crippen LogP contribution in [0.25, 0.3) is 21.9 Å². The Balaban J connectivity index is 0.799. The minimum absolute atomic E-state index is 0.00897. The van der Waals surface area contributed by atoms with Crippen molar-refractivity contribution in [2.75, 3.05) is 87.1 Å². The van der Waals surface area contributed by atoms with Crippen molar-refractivity contribution in [3.05, 3.63) is 101 Å². The first-order valence-electron chi connectivity index (χ1n) is 24.6. The third kappa shape index (κ3) is 9.98. The van der Waals surface area contributed by atoms with Gasteiger partial charge in [0.2, 0.25) is 17.8 Å². The summed E-state index contributed by atoms with van der Waals surface area (Å²) in [5, 5.41) is 15.4. The van der Waals surface area contributed by atoms with Crippen molar-refractivity contribution in [3.63, 3.8) is 0 Å². The Morgan fingerprint density at radius 1 is 0.838 bits per heavy atom. The molecule has 22 heteroatoms. The minimum Gasteiger partial charge on any atom is -0.492 e. The van der Waals surface area contributed by atoms with Crippen LogP contribution in [0.3, 0.4) is 0 Å². The summed E-state index contributed by atoms with van der Waals surface area (Å²) in [5.41, 5.74) is 4.32. The zero-order valence-electron chi connectivity index (χ0n) is 41.4. The zero-order chi connectivity index (χ0) is 51.8. The van der Waals surface area contributed by atoms with Gasteiger partial charge in [0.25, 0.3) is 11.8 Å². The number of benzene rings is 4. The maximum Gasteiger partial charge on any atom is 0.363 e. The van der Waals surface area contributed by atoms with E-state index in [1.807, 2.05) is 73.7 Å². The van der Waals surface area contributed by atoms with Crippen molar-refractivity contribution in [3.8, 4) is 16.9 Å². The summed E-state index contributed by atoms with van der Waals surface area (Å²) < 4.78 is 49.3. The van der Waals surface area contributed by atoms with Crippen LogP contribution in [0.5, 0.6) is 5.75 Å². The van der Waals surface area contributed by atoms with Gasteiger partial charge in [-0.05, 0) is 96.0 Å². The highest BCUT2D eigenvalue weighted by Crippen LogP contribution is 2.50. The van der Waals surface area contributed by atoms with Crippen molar-refractivity contribution in [2.45, 2.75) is 45.1 Å². The SMILES string of the molecule is CCOc1cc(N2CCN(CCC3CCN(c4cc5c(cc4F)C(=O)N(C4CCC(=O)NC4=O)C5=O)CC3)CC2)c(-c2cnn(C)c2)cc1Nc1ncc(Br)c(Nc2ccc3ccccc3c2P(=O)(OC)OC)n1. The summed E-state index contributed by atoms with van der Waals surface area (Å²) in [6, 6.07) is 16.9. The van der Waals surface area contributed by atoms with Crippen LogP contribution < -0.4 is 35.8 Å². The third-order valence-corrected chi connectivity index (χ3v) is 16.9. The summed E-state index contributed by atoms with van der Waals surface area (Å²) in [5.74, 6) is -1.37. The Kier molecular flexibility index (Phi) is 14.6. The zero-order valence-corrected chi connectivity index (χ0v) is 43.9. The van der Waals surface area contributed by atoms with Crippen LogP contribution in [0.1, 0.15) is 59.7 Å². The number of piperazine rings is 1. The van der Waals surface area contributed by atoms with Crippen LogP contribution in [0.15, 0.2) is 83.7 Å². The molecular formula is C52H56BrFN11O8P. The van der Waals surface area contributed by atoms with Gasteiger partial charge in [-0.2, -0.15) is 10.1 Å². The number of carbonyl (C=O) groups excluding carboxylic acids is 4. The molecule has 4 amide bonds. The predicted octanol–water partition coefficient (Wildman–Crippen LogP) is 7.76. The van der Waals surface area contributed by atoms with Crippen LogP contribution in [0.4, 0.5) is 38.9 Å². The molecule has 10 rings (SSSR count). The number of carbonyl (C=O) groups is 4. The van der Waals surface area contributed by atoms with E-state index in [0.29, 0.717) is 63.7 Å². The van der Waals surface area contributed by atoms with Crippen molar-refractivity contribution in [1.82, 2.24) is 34.9 Å². The average Bonchev–Trinajstić information content (AvgIpc) is 3.95. The lowest BCUT2D eigenvalue weighted by Gasteiger charge is -2.39. The molecule has 3 fully saturated rings. The van der Waals surface area contributed by atoms with E-state index in [2.05, 4.69) is 57.8 Å². The smallest absolute Gasteiger partial charge is 0.363 e. The molecule has 6 aromatic rings. The Labute approximate surface area is 435 Å². The first-order valence-corrected chi connectivity index (χ1v) is 27.0. The van der Waals surface area contributed by atoms with Gasteiger partial charge in [0.1, 0.15) is 23.4 Å². The van der Waals surface area contributed by atoms with Gasteiger partial charge in [-0.3, -0.25) is 43.5 Å². The number of ether oxygens (including phenoxy) is 1. The first kappa shape index (κ1) is 50.7. The Morgan fingerprint density at radius 3 is 2.27 bits per heavy atom. The molecule has 4 aromatic carbocycles. The number of amides is 4. The summed E-state index contributed by atoms with van der Waals surface area (Å²) >= 11 is 3.60. The van der Waals surface area contributed by atoms with E-state index >= 15 is 4.39 Å². The molecule has 19 nitrogen and oxygen atoms in total. The van der Waals surface area contributed by atoms with Crippen LogP contribution in [0.2, 0.25) is 0 Å². The molecule has 0 saturated carbocycles. The Morgan fingerprint density at radius 2 is 1.57 bits per heavy atom. The van der Waals surface area contributed by atoms with E-state index in [4.69, 9.17) is 18.8 Å². The molecule has 1 atom stereocenters. The number of nitrogens with one attached hydrogen (secondary N) is 3. The number of halogens is 2. The molecule has 3 saturated heterocycles. The highest BCUT2D eigenvalue weighted by Gasteiger charge is 2.45. The van der Waals surface area contributed by atoms with E-state index in [-0.39, 0.29) is 35.6 Å². The highest BCUT2D eigenvalue weighted by atomic mass is 79.9. The van der Waals surface area contributed by atoms with Crippen molar-refractivity contribution < 1.29 is 41.9 Å². The monoisotopic (exact) mass is 1090 g/mol. The molecule has 2 aromatic heterocycles. The highest BCUT2D eigenvalue weighted by molar-refractivity contribution is 9.10. The van der Waals surface area contributed by atoms with E-state index in [1.165, 1.54) is 20.3 Å². The number of aryl methyl sites for hydroxylation is 1. The van der Waals surface area contributed by atoms with Gasteiger partial charge in [0.05, 0.1) is 50.8 Å². The average molecular weight is 1090 g/mol. The molecule has 0 radical (unpaired) electrons. The maximum absolute atomic E-state index is 15.6. The molecule has 0 spiro atoms. The molecule has 0 aliphatic carbocycles. The van der Waals surface area contributed by atoms with Crippen molar-refractivity contribution in [1.29, 1.82) is 0 Å². The second kappa shape index (κ2) is 21.2. The topological polar surface area (TPSA) is 206 Å². The molecule has 4 aliphatic heterocycles. The van der Waals surface area contributed by atoms with Crippen LogP contribution >= 0.6 is 23.5 Å². The fraction of sp³-hybridized carbons (Fsp3) is 0.365. The third-order valence-electron chi connectivity index (χ3n) is 14.3. The molecule has 386 valence electrons. The standard InChI is InChI=1S/C52H56BrFN11O8P/c1-5-73-45-27-43(35(33-28-56-61(2)30-33)25-41(45)58-52-55-29-38(53)48(60-52)57-40-11-10-32-8-6-7-9-34(32)47(40)74(70,71-3)72-4)64-22-20-62(21-23-64)17-14-31-15-18-63(19-16-31)44-26-37-36(24-39(44)54)50(68)65(51(37)69)42-12-13-46(66)59-49(42)67/h6-11,24-31,42H,5,12-23H2,1-4H3,(H,59,66,67)(H2,55,57,58,60). The van der Waals surface area contributed by atoms with Crippen molar-refractivity contribution in [2.24, 2.45) is 13.0 Å². The van der Waals surface area contributed by atoms with Gasteiger partial charge in [-0.25, -0.2) is 9.37 Å². The number of aromatic nitrogens is 4. The normalized spacial score (nSPS) is 17.8. The number of fused-ring (bicyclic) bond motifs is 2. The van der Waals surface area contributed by atoms with Crippen LogP contribution in [-0.2, 0) is 30.2 Å².